The number of fused-ring (bicyclic) bond motifs is 1. The van der Waals surface area contributed by atoms with Crippen molar-refractivity contribution in [1.29, 1.82) is 0 Å². The Kier molecular flexibility index (Phi) is 4.09. The molecular weight excluding hydrogens is 228 g/mol. The predicted molar refractivity (Wildman–Crippen MR) is 72.1 cm³/mol. The van der Waals surface area contributed by atoms with Gasteiger partial charge in [0.2, 0.25) is 6.79 Å². The molecule has 0 spiro atoms. The summed E-state index contributed by atoms with van der Waals surface area (Å²) in [6, 6.07) is 6.99. The second-order valence-corrected chi connectivity index (χ2v) is 4.99. The molecule has 18 heavy (non-hydrogen) atoms. The first-order valence-electron chi connectivity index (χ1n) is 6.39. The molecule has 1 aromatic carbocycles. The van der Waals surface area contributed by atoms with E-state index in [4.69, 9.17) is 9.47 Å². The Morgan fingerprint density at radius 1 is 1.28 bits per heavy atom. The number of nitrogens with zero attached hydrogens (tertiary/aromatic N) is 1. The van der Waals surface area contributed by atoms with E-state index in [-0.39, 0.29) is 0 Å². The van der Waals surface area contributed by atoms with Crippen molar-refractivity contribution in [3.05, 3.63) is 23.8 Å². The molecule has 0 bridgehead atoms. The number of nitrogens with one attached hydrogen (secondary N) is 1. The Hall–Kier alpha value is -1.26. The van der Waals surface area contributed by atoms with Gasteiger partial charge in [0.05, 0.1) is 0 Å². The summed E-state index contributed by atoms with van der Waals surface area (Å²) in [6.45, 7) is 5.70. The molecular formula is C14H22N2O2. The number of ether oxygens (including phenoxy) is 2. The lowest BCUT2D eigenvalue weighted by molar-refractivity contribution is 0.174. The van der Waals surface area contributed by atoms with Crippen molar-refractivity contribution < 1.29 is 9.47 Å². The number of benzene rings is 1. The van der Waals surface area contributed by atoms with Crippen LogP contribution in [-0.2, 0) is 0 Å². The average molecular weight is 250 g/mol. The maximum absolute atomic E-state index is 5.42. The third-order valence-electron chi connectivity index (χ3n) is 3.50. The van der Waals surface area contributed by atoms with Crippen molar-refractivity contribution in [3.8, 4) is 11.5 Å². The van der Waals surface area contributed by atoms with Gasteiger partial charge >= 0.3 is 0 Å². The fourth-order valence-electron chi connectivity index (χ4n) is 1.99. The summed E-state index contributed by atoms with van der Waals surface area (Å²) < 4.78 is 10.8. The molecule has 0 saturated carbocycles. The first-order valence-corrected chi connectivity index (χ1v) is 6.39. The van der Waals surface area contributed by atoms with Crippen LogP contribution in [-0.4, -0.2) is 38.4 Å². The molecule has 1 unspecified atom stereocenters. The molecule has 0 aliphatic carbocycles. The van der Waals surface area contributed by atoms with Crippen molar-refractivity contribution in [1.82, 2.24) is 10.2 Å². The fraction of sp³-hybridized carbons (Fsp3) is 0.571. The predicted octanol–water partition coefficient (Wildman–Crippen LogP) is 2.02. The van der Waals surface area contributed by atoms with Gasteiger partial charge in [-0.05, 0) is 45.6 Å². The number of hydrogen-bond donors (Lipinski definition) is 1. The third kappa shape index (κ3) is 2.76. The summed E-state index contributed by atoms with van der Waals surface area (Å²) in [5.41, 5.74) is 1.23. The molecule has 0 amide bonds. The minimum absolute atomic E-state index is 0.298. The van der Waals surface area contributed by atoms with Gasteiger partial charge in [-0.1, -0.05) is 6.07 Å². The lowest BCUT2D eigenvalue weighted by atomic mass is 10.1. The lowest BCUT2D eigenvalue weighted by Crippen LogP contribution is -2.35. The summed E-state index contributed by atoms with van der Waals surface area (Å²) in [4.78, 5) is 2.33. The number of likely N-dealkylation sites (N-methyl/N-ethyl adjacent to an activating group) is 2. The maximum Gasteiger partial charge on any atom is 0.231 e. The van der Waals surface area contributed by atoms with E-state index in [1.54, 1.807) is 0 Å². The zero-order valence-corrected chi connectivity index (χ0v) is 11.6. The third-order valence-corrected chi connectivity index (χ3v) is 3.50. The summed E-state index contributed by atoms with van der Waals surface area (Å²) >= 11 is 0. The summed E-state index contributed by atoms with van der Waals surface area (Å²) in [6.07, 6.45) is 0. The standard InChI is InChI=1S/C14H22N2O2/c1-10(2)16(4)8-12(15-3)11-5-6-13-14(7-11)18-9-17-13/h5-7,10,12,15H,8-9H2,1-4H3. The van der Waals surface area contributed by atoms with E-state index in [1.807, 2.05) is 13.1 Å². The highest BCUT2D eigenvalue weighted by Crippen LogP contribution is 2.34. The van der Waals surface area contributed by atoms with Crippen LogP contribution in [0.5, 0.6) is 11.5 Å². The highest BCUT2D eigenvalue weighted by atomic mass is 16.7. The largest absolute Gasteiger partial charge is 0.454 e. The molecule has 0 fully saturated rings. The Bertz CT molecular complexity index is 407. The first-order chi connectivity index (χ1) is 8.61. The van der Waals surface area contributed by atoms with Gasteiger partial charge in [0.1, 0.15) is 0 Å². The van der Waals surface area contributed by atoms with Crippen molar-refractivity contribution in [2.75, 3.05) is 27.4 Å². The van der Waals surface area contributed by atoms with Crippen LogP contribution in [0.3, 0.4) is 0 Å². The van der Waals surface area contributed by atoms with Gasteiger partial charge in [0, 0.05) is 18.6 Å². The molecule has 0 saturated heterocycles. The number of hydrogen-bond acceptors (Lipinski definition) is 4. The maximum atomic E-state index is 5.42. The van der Waals surface area contributed by atoms with Crippen molar-refractivity contribution in [2.45, 2.75) is 25.9 Å². The van der Waals surface area contributed by atoms with Gasteiger partial charge in [0.25, 0.3) is 0 Å². The zero-order valence-electron chi connectivity index (χ0n) is 11.6. The molecule has 1 aliphatic rings. The molecule has 4 nitrogen and oxygen atoms in total. The van der Waals surface area contributed by atoms with Crippen molar-refractivity contribution >= 4 is 0 Å². The molecule has 0 aromatic heterocycles. The van der Waals surface area contributed by atoms with Crippen molar-refractivity contribution in [2.24, 2.45) is 0 Å². The van der Waals surface area contributed by atoms with Gasteiger partial charge in [-0.2, -0.15) is 0 Å². The molecule has 1 heterocycles. The summed E-state index contributed by atoms with van der Waals surface area (Å²) in [5.74, 6) is 1.69. The molecule has 2 rings (SSSR count). The van der Waals surface area contributed by atoms with E-state index >= 15 is 0 Å². The molecule has 1 aliphatic heterocycles. The minimum Gasteiger partial charge on any atom is -0.454 e. The molecule has 4 heteroatoms. The lowest BCUT2D eigenvalue weighted by Gasteiger charge is -2.27. The monoisotopic (exact) mass is 250 g/mol. The SMILES string of the molecule is CNC(CN(C)C(C)C)c1ccc2c(c1)OCO2. The molecule has 0 radical (unpaired) electrons. The van der Waals surface area contributed by atoms with E-state index in [0.717, 1.165) is 18.0 Å². The second kappa shape index (κ2) is 5.59. The average Bonchev–Trinajstić information content (AvgIpc) is 2.82. The van der Waals surface area contributed by atoms with E-state index < -0.39 is 0 Å². The van der Waals surface area contributed by atoms with Crippen LogP contribution in [0.15, 0.2) is 18.2 Å². The van der Waals surface area contributed by atoms with Gasteiger partial charge in [-0.3, -0.25) is 0 Å². The summed E-state index contributed by atoms with van der Waals surface area (Å²) in [5, 5.41) is 3.36. The fourth-order valence-corrected chi connectivity index (χ4v) is 1.99. The van der Waals surface area contributed by atoms with Gasteiger partial charge in [0.15, 0.2) is 11.5 Å². The van der Waals surface area contributed by atoms with E-state index in [2.05, 4.69) is 43.2 Å². The normalized spacial score (nSPS) is 15.4. The first kappa shape index (κ1) is 13.2. The Morgan fingerprint density at radius 3 is 2.67 bits per heavy atom. The smallest absolute Gasteiger partial charge is 0.231 e. The van der Waals surface area contributed by atoms with Crippen molar-refractivity contribution in [3.63, 3.8) is 0 Å². The Labute approximate surface area is 109 Å². The second-order valence-electron chi connectivity index (χ2n) is 4.99. The Morgan fingerprint density at radius 2 is 2.00 bits per heavy atom. The summed E-state index contributed by atoms with van der Waals surface area (Å²) in [7, 11) is 4.13. The van der Waals surface area contributed by atoms with Crippen LogP contribution in [0.25, 0.3) is 0 Å². The minimum atomic E-state index is 0.298. The highest BCUT2D eigenvalue weighted by Gasteiger charge is 2.18. The topological polar surface area (TPSA) is 33.7 Å². The van der Waals surface area contributed by atoms with Crippen LogP contribution in [0, 0.1) is 0 Å². The molecule has 100 valence electrons. The highest BCUT2D eigenvalue weighted by molar-refractivity contribution is 5.45. The number of rotatable bonds is 5. The van der Waals surface area contributed by atoms with E-state index in [0.29, 0.717) is 18.9 Å². The van der Waals surface area contributed by atoms with Crippen LogP contribution in [0.1, 0.15) is 25.5 Å². The van der Waals surface area contributed by atoms with Crippen LogP contribution in [0.4, 0.5) is 0 Å². The van der Waals surface area contributed by atoms with Crippen LogP contribution >= 0.6 is 0 Å². The van der Waals surface area contributed by atoms with Gasteiger partial charge < -0.3 is 19.7 Å². The zero-order chi connectivity index (χ0) is 13.1. The van der Waals surface area contributed by atoms with Crippen LogP contribution in [0.2, 0.25) is 0 Å². The Balaban J connectivity index is 2.12. The van der Waals surface area contributed by atoms with E-state index in [9.17, 15) is 0 Å². The van der Waals surface area contributed by atoms with Gasteiger partial charge in [-0.25, -0.2) is 0 Å². The van der Waals surface area contributed by atoms with Gasteiger partial charge in [-0.15, -0.1) is 0 Å². The molecule has 1 N–H and O–H groups in total. The molecule has 1 aromatic rings. The quantitative estimate of drug-likeness (QED) is 0.867. The van der Waals surface area contributed by atoms with E-state index in [1.165, 1.54) is 5.56 Å². The molecule has 1 atom stereocenters. The van der Waals surface area contributed by atoms with Crippen LogP contribution < -0.4 is 14.8 Å².